The van der Waals surface area contributed by atoms with Gasteiger partial charge in [0, 0.05) is 18.5 Å². The number of hydrogen-bond acceptors (Lipinski definition) is 3. The maximum absolute atomic E-state index is 5.01. The van der Waals surface area contributed by atoms with Crippen LogP contribution in [0.25, 0.3) is 0 Å². The highest BCUT2D eigenvalue weighted by atomic mass is 32.1. The highest BCUT2D eigenvalue weighted by Crippen LogP contribution is 1.99. The lowest BCUT2D eigenvalue weighted by Gasteiger charge is -1.95. The molecular weight excluding hydrogens is 174 g/mol. The Morgan fingerprint density at radius 3 is 3.17 bits per heavy atom. The minimum absolute atomic E-state index is 0.652. The highest BCUT2D eigenvalue weighted by Gasteiger charge is 1.97. The van der Waals surface area contributed by atoms with Crippen molar-refractivity contribution in [1.82, 2.24) is 14.7 Å². The van der Waals surface area contributed by atoms with Crippen LogP contribution in [0.1, 0.15) is 5.69 Å². The first kappa shape index (κ1) is 7.30. The third-order valence-corrected chi connectivity index (χ3v) is 1.90. The molecule has 5 heteroatoms. The number of aromatic amines is 1. The second kappa shape index (κ2) is 2.94. The minimum Gasteiger partial charge on any atom is -0.364 e. The number of nitrogens with one attached hydrogen (secondary N) is 1. The Morgan fingerprint density at radius 1 is 1.67 bits per heavy atom. The first-order valence-electron chi connectivity index (χ1n) is 3.49. The molecule has 0 atom stereocenters. The monoisotopic (exact) mass is 181 g/mol. The molecule has 0 unspecified atom stereocenters. The fourth-order valence-electron chi connectivity index (χ4n) is 0.967. The van der Waals surface area contributed by atoms with E-state index in [0.717, 1.165) is 5.69 Å². The Bertz CT molecular complexity index is 400. The van der Waals surface area contributed by atoms with Crippen molar-refractivity contribution in [2.45, 2.75) is 6.54 Å². The summed E-state index contributed by atoms with van der Waals surface area (Å²) < 4.78 is 7.27. The average molecular weight is 181 g/mol. The van der Waals surface area contributed by atoms with Gasteiger partial charge in [-0.1, -0.05) is 5.16 Å². The standard InChI is InChI=1S/C7H7N3OS/c12-7-8-2-3-10(7)5-6-1-4-11-9-6/h1-4H,5H2,(H,8,12). The van der Waals surface area contributed by atoms with Crippen LogP contribution < -0.4 is 0 Å². The maximum atomic E-state index is 5.01. The topological polar surface area (TPSA) is 46.8 Å². The molecule has 0 spiro atoms. The van der Waals surface area contributed by atoms with Crippen LogP contribution in [0.15, 0.2) is 29.2 Å². The molecule has 4 nitrogen and oxygen atoms in total. The number of aromatic nitrogens is 3. The van der Waals surface area contributed by atoms with Crippen LogP contribution in [-0.2, 0) is 6.54 Å². The fourth-order valence-corrected chi connectivity index (χ4v) is 1.16. The van der Waals surface area contributed by atoms with Crippen molar-refractivity contribution < 1.29 is 4.52 Å². The molecule has 12 heavy (non-hydrogen) atoms. The van der Waals surface area contributed by atoms with Crippen LogP contribution in [0, 0.1) is 4.77 Å². The molecule has 0 bridgehead atoms. The summed E-state index contributed by atoms with van der Waals surface area (Å²) in [7, 11) is 0. The zero-order valence-electron chi connectivity index (χ0n) is 6.23. The largest absolute Gasteiger partial charge is 0.364 e. The van der Waals surface area contributed by atoms with E-state index in [4.69, 9.17) is 16.7 Å². The summed E-state index contributed by atoms with van der Waals surface area (Å²) in [5, 5.41) is 3.78. The molecule has 0 amide bonds. The van der Waals surface area contributed by atoms with E-state index < -0.39 is 0 Å². The van der Waals surface area contributed by atoms with E-state index >= 15 is 0 Å². The predicted octanol–water partition coefficient (Wildman–Crippen LogP) is 1.58. The van der Waals surface area contributed by atoms with Crippen molar-refractivity contribution in [3.63, 3.8) is 0 Å². The van der Waals surface area contributed by atoms with Gasteiger partial charge in [0.15, 0.2) is 4.77 Å². The summed E-state index contributed by atoms with van der Waals surface area (Å²) in [5.74, 6) is 0. The molecule has 0 fully saturated rings. The quantitative estimate of drug-likeness (QED) is 0.715. The molecule has 2 aromatic rings. The molecule has 0 aliphatic carbocycles. The first-order chi connectivity index (χ1) is 5.86. The van der Waals surface area contributed by atoms with Crippen molar-refractivity contribution in [1.29, 1.82) is 0 Å². The predicted molar refractivity (Wildman–Crippen MR) is 45.2 cm³/mol. The van der Waals surface area contributed by atoms with Crippen LogP contribution in [0.3, 0.4) is 0 Å². The van der Waals surface area contributed by atoms with Crippen molar-refractivity contribution >= 4 is 12.2 Å². The smallest absolute Gasteiger partial charge is 0.177 e. The molecule has 0 aliphatic rings. The molecule has 2 rings (SSSR count). The SMILES string of the molecule is S=c1[nH]ccn1Cc1ccon1. The number of hydrogen-bond donors (Lipinski definition) is 1. The van der Waals surface area contributed by atoms with E-state index in [9.17, 15) is 0 Å². The van der Waals surface area contributed by atoms with Gasteiger partial charge in [0.05, 0.1) is 6.54 Å². The Balaban J connectivity index is 2.25. The van der Waals surface area contributed by atoms with E-state index in [1.807, 2.05) is 16.8 Å². The second-order valence-electron chi connectivity index (χ2n) is 2.38. The fraction of sp³-hybridized carbons (Fsp3) is 0.143. The van der Waals surface area contributed by atoms with Gasteiger partial charge in [0.25, 0.3) is 0 Å². The minimum atomic E-state index is 0.652. The van der Waals surface area contributed by atoms with E-state index in [1.165, 1.54) is 0 Å². The van der Waals surface area contributed by atoms with Crippen molar-refractivity contribution in [3.8, 4) is 0 Å². The Hall–Kier alpha value is -1.36. The Kier molecular flexibility index (Phi) is 1.79. The van der Waals surface area contributed by atoms with Gasteiger partial charge in [-0.3, -0.25) is 0 Å². The van der Waals surface area contributed by atoms with Gasteiger partial charge >= 0.3 is 0 Å². The maximum Gasteiger partial charge on any atom is 0.177 e. The van der Waals surface area contributed by atoms with Gasteiger partial charge in [-0.25, -0.2) is 0 Å². The van der Waals surface area contributed by atoms with Crippen LogP contribution in [0.4, 0.5) is 0 Å². The molecule has 0 radical (unpaired) electrons. The number of nitrogens with zero attached hydrogens (tertiary/aromatic N) is 2. The summed E-state index contributed by atoms with van der Waals surface area (Å²) in [4.78, 5) is 2.90. The highest BCUT2D eigenvalue weighted by molar-refractivity contribution is 7.71. The normalized spacial score (nSPS) is 10.3. The summed E-state index contributed by atoms with van der Waals surface area (Å²) in [5.41, 5.74) is 0.866. The zero-order valence-corrected chi connectivity index (χ0v) is 7.04. The zero-order chi connectivity index (χ0) is 8.39. The summed E-state index contributed by atoms with van der Waals surface area (Å²) in [6, 6.07) is 1.81. The van der Waals surface area contributed by atoms with E-state index in [1.54, 1.807) is 12.5 Å². The van der Waals surface area contributed by atoms with Gasteiger partial charge in [-0.05, 0) is 12.2 Å². The van der Waals surface area contributed by atoms with Crippen molar-refractivity contribution in [3.05, 3.63) is 35.2 Å². The molecule has 2 aromatic heterocycles. The average Bonchev–Trinajstić information content (AvgIpc) is 2.65. The first-order valence-corrected chi connectivity index (χ1v) is 3.90. The third-order valence-electron chi connectivity index (χ3n) is 1.55. The molecule has 0 saturated carbocycles. The van der Waals surface area contributed by atoms with Gasteiger partial charge < -0.3 is 14.1 Å². The van der Waals surface area contributed by atoms with Crippen LogP contribution in [0.5, 0.6) is 0 Å². The lowest BCUT2D eigenvalue weighted by Crippen LogP contribution is -1.97. The number of imidazole rings is 1. The number of H-pyrrole nitrogens is 1. The molecule has 0 aromatic carbocycles. The van der Waals surface area contributed by atoms with Crippen LogP contribution in [0.2, 0.25) is 0 Å². The summed E-state index contributed by atoms with van der Waals surface area (Å²) in [6.45, 7) is 0.652. The Labute approximate surface area is 73.8 Å². The van der Waals surface area contributed by atoms with Crippen molar-refractivity contribution in [2.75, 3.05) is 0 Å². The molecule has 2 heterocycles. The van der Waals surface area contributed by atoms with Crippen LogP contribution in [-0.4, -0.2) is 14.7 Å². The molecule has 1 N–H and O–H groups in total. The third kappa shape index (κ3) is 1.31. The van der Waals surface area contributed by atoms with Crippen molar-refractivity contribution in [2.24, 2.45) is 0 Å². The van der Waals surface area contributed by atoms with Gasteiger partial charge in [0.1, 0.15) is 12.0 Å². The summed E-state index contributed by atoms with van der Waals surface area (Å²) in [6.07, 6.45) is 5.21. The number of rotatable bonds is 2. The van der Waals surface area contributed by atoms with E-state index in [-0.39, 0.29) is 0 Å². The summed E-state index contributed by atoms with van der Waals surface area (Å²) >= 11 is 5.01. The van der Waals surface area contributed by atoms with Gasteiger partial charge in [-0.15, -0.1) is 0 Å². The second-order valence-corrected chi connectivity index (χ2v) is 2.77. The molecule has 0 saturated heterocycles. The van der Waals surface area contributed by atoms with E-state index in [0.29, 0.717) is 11.3 Å². The molecular formula is C7H7N3OS. The van der Waals surface area contributed by atoms with Gasteiger partial charge in [-0.2, -0.15) is 0 Å². The Morgan fingerprint density at radius 2 is 2.58 bits per heavy atom. The van der Waals surface area contributed by atoms with E-state index in [2.05, 4.69) is 10.1 Å². The van der Waals surface area contributed by atoms with Gasteiger partial charge in [0.2, 0.25) is 0 Å². The molecule has 62 valence electrons. The lowest BCUT2D eigenvalue weighted by atomic mass is 10.4. The molecule has 0 aliphatic heterocycles. The van der Waals surface area contributed by atoms with Crippen LogP contribution >= 0.6 is 12.2 Å². The lowest BCUT2D eigenvalue weighted by molar-refractivity contribution is 0.409.